The first kappa shape index (κ1) is 14.6. The Hall–Kier alpha value is -0.920. The third-order valence-corrected chi connectivity index (χ3v) is 1.12. The fourth-order valence-electron chi connectivity index (χ4n) is 0.483. The molecule has 0 amide bonds. The van der Waals surface area contributed by atoms with Crippen molar-refractivity contribution in [2.24, 2.45) is 7.05 Å². The van der Waals surface area contributed by atoms with Crippen LogP contribution in [-0.2, 0) is 17.2 Å². The van der Waals surface area contributed by atoms with Crippen LogP contribution in [0.2, 0.25) is 0 Å². The van der Waals surface area contributed by atoms with Crippen LogP contribution in [-0.4, -0.2) is 29.7 Å². The lowest BCUT2D eigenvalue weighted by atomic mass is 10.7. The number of aryl methyl sites for hydroxylation is 2. The number of hydrogen-bond donors (Lipinski definition) is 1. The number of nitrogens with one attached hydrogen (secondary N) is 1. The van der Waals surface area contributed by atoms with Crippen LogP contribution in [0.4, 0.5) is 0 Å². The van der Waals surface area contributed by atoms with E-state index in [9.17, 15) is 0 Å². The zero-order valence-corrected chi connectivity index (χ0v) is 8.55. The second-order valence-corrected chi connectivity index (χ2v) is 3.77. The lowest BCUT2D eigenvalue weighted by Crippen LogP contribution is -2.27. The molecule has 0 atom stereocenters. The van der Waals surface area contributed by atoms with E-state index in [1.807, 2.05) is 30.9 Å². The van der Waals surface area contributed by atoms with Crippen LogP contribution >= 0.6 is 0 Å². The second-order valence-electron chi connectivity index (χ2n) is 2.36. The second kappa shape index (κ2) is 5.68. The molecule has 0 unspecified atom stereocenters. The molecule has 7 heteroatoms. The Kier molecular flexibility index (Phi) is 6.38. The average Bonchev–Trinajstić information content (AvgIpc) is 2.12. The highest BCUT2D eigenvalue weighted by molar-refractivity contribution is 7.84. The van der Waals surface area contributed by atoms with Gasteiger partial charge in [-0.2, -0.15) is 0 Å². The molecule has 0 aliphatic heterocycles. The first-order chi connectivity index (χ1) is 5.30. The molecule has 1 aromatic rings. The van der Waals surface area contributed by atoms with Gasteiger partial charge in [0.25, 0.3) is 5.82 Å². The summed E-state index contributed by atoms with van der Waals surface area (Å²) in [5, 5.41) is 0. The van der Waals surface area contributed by atoms with E-state index < -0.39 is 10.1 Å². The lowest BCUT2D eigenvalue weighted by molar-refractivity contribution is -0.676. The summed E-state index contributed by atoms with van der Waals surface area (Å²) in [6.45, 7) is 2.03. The Morgan fingerprint density at radius 2 is 1.92 bits per heavy atom. The molecule has 0 fully saturated rings. The Morgan fingerprint density at radius 3 is 2.00 bits per heavy atom. The van der Waals surface area contributed by atoms with E-state index in [0.717, 1.165) is 0 Å². The van der Waals surface area contributed by atoms with Gasteiger partial charge in [0.05, 0.1) is 17.2 Å². The molecular weight excluding hydrogens is 196 g/mol. The summed E-state index contributed by atoms with van der Waals surface area (Å²) in [6.07, 6.45) is 4.50. The molecule has 1 rings (SSSR count). The highest BCUT2D eigenvalue weighted by Crippen LogP contribution is 1.75. The molecule has 0 spiro atoms. The zero-order valence-electron chi connectivity index (χ0n) is 7.73. The van der Waals surface area contributed by atoms with E-state index in [4.69, 9.17) is 13.0 Å². The zero-order chi connectivity index (χ0) is 9.78. The van der Waals surface area contributed by atoms with E-state index in [2.05, 4.69) is 4.98 Å². The topological polar surface area (TPSA) is 108 Å². The van der Waals surface area contributed by atoms with Crippen molar-refractivity contribution >= 4 is 10.1 Å². The summed E-state index contributed by atoms with van der Waals surface area (Å²) in [6, 6.07) is 0. The maximum atomic E-state index is 9.08. The third-order valence-electron chi connectivity index (χ3n) is 1.12. The molecule has 0 radical (unpaired) electrons. The summed E-state index contributed by atoms with van der Waals surface area (Å²) in [7, 11) is -1.91. The number of H-pyrrole nitrogens is 1. The Bertz CT molecular complexity index is 306. The van der Waals surface area contributed by atoms with E-state index in [1.54, 1.807) is 0 Å². The summed E-state index contributed by atoms with van der Waals surface area (Å²) >= 11 is 0. The summed E-state index contributed by atoms with van der Waals surface area (Å²) in [5.74, 6) is 1.18. The Morgan fingerprint density at radius 1 is 1.54 bits per heavy atom. The third kappa shape index (κ3) is 11.1. The molecule has 0 aromatic carbocycles. The van der Waals surface area contributed by atoms with Gasteiger partial charge in [0.15, 0.2) is 0 Å². The molecular formula is C6H14N2O4S. The van der Waals surface area contributed by atoms with Crippen LogP contribution < -0.4 is 4.57 Å². The van der Waals surface area contributed by atoms with Crippen molar-refractivity contribution in [2.75, 3.05) is 6.26 Å². The molecule has 0 aliphatic rings. The maximum Gasteiger partial charge on any atom is 0.250 e. The van der Waals surface area contributed by atoms with Crippen molar-refractivity contribution in [1.29, 1.82) is 0 Å². The molecule has 1 aromatic heterocycles. The van der Waals surface area contributed by atoms with Gasteiger partial charge in [-0.15, -0.1) is 0 Å². The lowest BCUT2D eigenvalue weighted by Gasteiger charge is -1.90. The SMILES string of the molecule is CS(=O)(=O)[O-].Cc1[nH]cc[n+]1C.O. The minimum absolute atomic E-state index is 0. The molecule has 3 N–H and O–H groups in total. The van der Waals surface area contributed by atoms with E-state index in [-0.39, 0.29) is 5.48 Å². The van der Waals surface area contributed by atoms with Gasteiger partial charge in [0.1, 0.15) is 12.4 Å². The maximum absolute atomic E-state index is 9.08. The van der Waals surface area contributed by atoms with Gasteiger partial charge >= 0.3 is 0 Å². The van der Waals surface area contributed by atoms with Crippen molar-refractivity contribution in [1.82, 2.24) is 4.98 Å². The molecule has 0 aliphatic carbocycles. The van der Waals surface area contributed by atoms with Crippen molar-refractivity contribution in [3.8, 4) is 0 Å². The van der Waals surface area contributed by atoms with Crippen molar-refractivity contribution in [2.45, 2.75) is 6.92 Å². The largest absolute Gasteiger partial charge is 0.748 e. The highest BCUT2D eigenvalue weighted by atomic mass is 32.2. The number of nitrogens with zero attached hydrogens (tertiary/aromatic N) is 1. The van der Waals surface area contributed by atoms with Crippen LogP contribution in [0, 0.1) is 6.92 Å². The first-order valence-electron chi connectivity index (χ1n) is 3.21. The van der Waals surface area contributed by atoms with Crippen LogP contribution in [0.5, 0.6) is 0 Å². The molecule has 0 saturated carbocycles. The fraction of sp³-hybridized carbons (Fsp3) is 0.500. The number of hydrogen-bond acceptors (Lipinski definition) is 3. The van der Waals surface area contributed by atoms with Gasteiger partial charge in [-0.1, -0.05) is 0 Å². The molecule has 0 saturated heterocycles. The normalized spacial score (nSPS) is 9.54. The predicted molar refractivity (Wildman–Crippen MR) is 45.9 cm³/mol. The van der Waals surface area contributed by atoms with Gasteiger partial charge in [0.2, 0.25) is 0 Å². The van der Waals surface area contributed by atoms with Gasteiger partial charge in [-0.25, -0.2) is 18.0 Å². The van der Waals surface area contributed by atoms with Crippen LogP contribution in [0.25, 0.3) is 0 Å². The number of imidazole rings is 1. The van der Waals surface area contributed by atoms with Gasteiger partial charge in [-0.3, -0.25) is 0 Å². The molecule has 1 heterocycles. The molecule has 78 valence electrons. The smallest absolute Gasteiger partial charge is 0.250 e. The Balaban J connectivity index is 0. The minimum Gasteiger partial charge on any atom is -0.748 e. The standard InChI is InChI=1S/C5H8N2.CH4O3S.H2O/c1-5-6-3-4-7(5)2;1-5(2,3)4;/h3-4H,1-2H3;1H3,(H,2,3,4);1H2. The van der Waals surface area contributed by atoms with Crippen LogP contribution in [0.3, 0.4) is 0 Å². The van der Waals surface area contributed by atoms with E-state index in [0.29, 0.717) is 6.26 Å². The first-order valence-corrected chi connectivity index (χ1v) is 5.03. The number of rotatable bonds is 0. The minimum atomic E-state index is -3.92. The van der Waals surface area contributed by atoms with Gasteiger partial charge in [-0.05, 0) is 0 Å². The number of aromatic amines is 1. The van der Waals surface area contributed by atoms with Crippen molar-refractivity contribution < 1.29 is 23.0 Å². The van der Waals surface area contributed by atoms with E-state index in [1.165, 1.54) is 5.82 Å². The quantitative estimate of drug-likeness (QED) is 0.415. The highest BCUT2D eigenvalue weighted by Gasteiger charge is 1.93. The molecule has 6 nitrogen and oxygen atoms in total. The van der Waals surface area contributed by atoms with E-state index >= 15 is 0 Å². The molecule has 0 bridgehead atoms. The van der Waals surface area contributed by atoms with Crippen molar-refractivity contribution in [3.05, 3.63) is 18.2 Å². The molecule has 13 heavy (non-hydrogen) atoms. The van der Waals surface area contributed by atoms with Crippen LogP contribution in [0.15, 0.2) is 12.4 Å². The number of aromatic nitrogens is 2. The Labute approximate surface area is 77.3 Å². The summed E-state index contributed by atoms with van der Waals surface area (Å²) in [5.41, 5.74) is 0. The summed E-state index contributed by atoms with van der Waals surface area (Å²) in [4.78, 5) is 3.03. The fourth-order valence-corrected chi connectivity index (χ4v) is 0.483. The summed E-state index contributed by atoms with van der Waals surface area (Å²) < 4.78 is 29.3. The average molecular weight is 210 g/mol. The van der Waals surface area contributed by atoms with Gasteiger partial charge in [0, 0.05) is 13.2 Å². The monoisotopic (exact) mass is 210 g/mol. The van der Waals surface area contributed by atoms with Crippen molar-refractivity contribution in [3.63, 3.8) is 0 Å². The van der Waals surface area contributed by atoms with Crippen LogP contribution in [0.1, 0.15) is 5.82 Å². The van der Waals surface area contributed by atoms with Gasteiger partial charge < -0.3 is 10.0 Å². The predicted octanol–water partition coefficient (Wildman–Crippen LogP) is -1.52.